The van der Waals surface area contributed by atoms with E-state index in [0.717, 1.165) is 16.9 Å². The van der Waals surface area contributed by atoms with Crippen LogP contribution in [0.3, 0.4) is 0 Å². The van der Waals surface area contributed by atoms with Gasteiger partial charge in [-0.2, -0.15) is 0 Å². The molecule has 158 valence electrons. The zero-order valence-electron chi connectivity index (χ0n) is 17.3. The standard InChI is InChI=1S/C20H24N6O2S2/c1-12-5-7-15(8-6-12)22-17(27)10-9-16-24-25-20(26(16)4)30-14(3)18(28)23-19-21-13(2)11-29-19/h5-8,11,14H,9-10H2,1-4H3,(H,22,27)(H,21,23,28)/t14-/m1/s1. The molecule has 0 aliphatic carbocycles. The summed E-state index contributed by atoms with van der Waals surface area (Å²) >= 11 is 2.71. The maximum Gasteiger partial charge on any atom is 0.239 e. The minimum Gasteiger partial charge on any atom is -0.326 e. The fraction of sp³-hybridized carbons (Fsp3) is 0.350. The van der Waals surface area contributed by atoms with Crippen LogP contribution in [0.5, 0.6) is 0 Å². The lowest BCUT2D eigenvalue weighted by molar-refractivity contribution is -0.116. The number of aryl methyl sites for hydroxylation is 3. The predicted octanol–water partition coefficient (Wildman–Crippen LogP) is 3.58. The number of benzene rings is 1. The highest BCUT2D eigenvalue weighted by molar-refractivity contribution is 8.00. The zero-order chi connectivity index (χ0) is 21.7. The molecule has 0 aliphatic rings. The van der Waals surface area contributed by atoms with Gasteiger partial charge in [0.1, 0.15) is 5.82 Å². The quantitative estimate of drug-likeness (QED) is 0.515. The van der Waals surface area contributed by atoms with Gasteiger partial charge in [0.2, 0.25) is 11.8 Å². The Labute approximate surface area is 183 Å². The number of thiazole rings is 1. The molecular formula is C20H24N6O2S2. The molecule has 0 spiro atoms. The number of anilines is 2. The van der Waals surface area contributed by atoms with E-state index in [4.69, 9.17) is 0 Å². The van der Waals surface area contributed by atoms with Gasteiger partial charge in [-0.3, -0.25) is 9.59 Å². The fourth-order valence-corrected chi connectivity index (χ4v) is 4.11. The molecule has 30 heavy (non-hydrogen) atoms. The number of thioether (sulfide) groups is 1. The van der Waals surface area contributed by atoms with Gasteiger partial charge in [-0.15, -0.1) is 21.5 Å². The molecule has 0 aliphatic heterocycles. The number of nitrogens with zero attached hydrogens (tertiary/aromatic N) is 4. The van der Waals surface area contributed by atoms with E-state index in [1.54, 1.807) is 0 Å². The van der Waals surface area contributed by atoms with Crippen molar-refractivity contribution in [1.29, 1.82) is 0 Å². The van der Waals surface area contributed by atoms with Crippen molar-refractivity contribution in [3.8, 4) is 0 Å². The fourth-order valence-electron chi connectivity index (χ4n) is 2.58. The third kappa shape index (κ3) is 5.90. The van der Waals surface area contributed by atoms with E-state index in [9.17, 15) is 9.59 Å². The van der Waals surface area contributed by atoms with E-state index in [0.29, 0.717) is 29.0 Å². The van der Waals surface area contributed by atoms with E-state index in [2.05, 4.69) is 25.8 Å². The van der Waals surface area contributed by atoms with Crippen LogP contribution >= 0.6 is 23.1 Å². The molecule has 0 saturated heterocycles. The number of carbonyl (C=O) groups is 2. The van der Waals surface area contributed by atoms with Crippen molar-refractivity contribution in [2.24, 2.45) is 7.05 Å². The van der Waals surface area contributed by atoms with Crippen LogP contribution in [0.25, 0.3) is 0 Å². The Hall–Kier alpha value is -2.72. The molecule has 3 rings (SSSR count). The summed E-state index contributed by atoms with van der Waals surface area (Å²) in [6.07, 6.45) is 0.755. The van der Waals surface area contributed by atoms with Gasteiger partial charge in [-0.05, 0) is 32.9 Å². The second kappa shape index (κ2) is 9.86. The molecule has 1 aromatic carbocycles. The molecule has 0 saturated carbocycles. The Balaban J connectivity index is 1.51. The van der Waals surface area contributed by atoms with Crippen LogP contribution in [0.2, 0.25) is 0 Å². The molecule has 2 N–H and O–H groups in total. The molecule has 0 fully saturated rings. The van der Waals surface area contributed by atoms with Gasteiger partial charge in [-0.1, -0.05) is 29.5 Å². The molecule has 3 aromatic rings. The summed E-state index contributed by atoms with van der Waals surface area (Å²) in [6.45, 7) is 5.69. The second-order valence-electron chi connectivity index (χ2n) is 6.92. The normalized spacial score (nSPS) is 11.9. The van der Waals surface area contributed by atoms with Gasteiger partial charge in [0.15, 0.2) is 10.3 Å². The van der Waals surface area contributed by atoms with Gasteiger partial charge in [0, 0.05) is 31.0 Å². The van der Waals surface area contributed by atoms with Crippen LogP contribution in [0.4, 0.5) is 10.8 Å². The lowest BCUT2D eigenvalue weighted by Crippen LogP contribution is -2.22. The smallest absolute Gasteiger partial charge is 0.239 e. The monoisotopic (exact) mass is 444 g/mol. The highest BCUT2D eigenvalue weighted by Crippen LogP contribution is 2.24. The molecule has 0 unspecified atom stereocenters. The Morgan fingerprint density at radius 1 is 1.17 bits per heavy atom. The van der Waals surface area contributed by atoms with E-state index in [1.165, 1.54) is 23.1 Å². The van der Waals surface area contributed by atoms with Gasteiger partial charge >= 0.3 is 0 Å². The number of carbonyl (C=O) groups excluding carboxylic acids is 2. The van der Waals surface area contributed by atoms with Gasteiger partial charge in [0.25, 0.3) is 0 Å². The molecular weight excluding hydrogens is 420 g/mol. The first-order chi connectivity index (χ1) is 14.3. The average molecular weight is 445 g/mol. The molecule has 8 nitrogen and oxygen atoms in total. The SMILES string of the molecule is Cc1ccc(NC(=O)CCc2nnc(S[C@H](C)C(=O)Nc3nc(C)cs3)n2C)cc1. The van der Waals surface area contributed by atoms with Crippen molar-refractivity contribution in [3.05, 3.63) is 46.7 Å². The Morgan fingerprint density at radius 3 is 2.57 bits per heavy atom. The molecule has 0 bridgehead atoms. The van der Waals surface area contributed by atoms with Gasteiger partial charge in [-0.25, -0.2) is 4.98 Å². The lowest BCUT2D eigenvalue weighted by atomic mass is 10.2. The summed E-state index contributed by atoms with van der Waals surface area (Å²) < 4.78 is 1.82. The van der Waals surface area contributed by atoms with Crippen molar-refractivity contribution in [3.63, 3.8) is 0 Å². The Kier molecular flexibility index (Phi) is 7.22. The minimum atomic E-state index is -0.366. The average Bonchev–Trinajstić information content (AvgIpc) is 3.27. The van der Waals surface area contributed by atoms with E-state index in [1.807, 2.05) is 62.0 Å². The molecule has 1 atom stereocenters. The van der Waals surface area contributed by atoms with Gasteiger partial charge in [0.05, 0.1) is 10.9 Å². The summed E-state index contributed by atoms with van der Waals surface area (Å²) in [4.78, 5) is 28.8. The number of aromatic nitrogens is 4. The van der Waals surface area contributed by atoms with Crippen molar-refractivity contribution < 1.29 is 9.59 Å². The minimum absolute atomic E-state index is 0.0810. The summed E-state index contributed by atoms with van der Waals surface area (Å²) in [7, 11) is 1.84. The van der Waals surface area contributed by atoms with Gasteiger partial charge < -0.3 is 15.2 Å². The summed E-state index contributed by atoms with van der Waals surface area (Å²) in [5, 5.41) is 16.8. The highest BCUT2D eigenvalue weighted by atomic mass is 32.2. The van der Waals surface area contributed by atoms with E-state index < -0.39 is 0 Å². The third-order valence-electron chi connectivity index (χ3n) is 4.34. The lowest BCUT2D eigenvalue weighted by Gasteiger charge is -2.10. The van der Waals surface area contributed by atoms with Crippen LogP contribution in [-0.2, 0) is 23.1 Å². The van der Waals surface area contributed by atoms with Crippen LogP contribution in [-0.4, -0.2) is 36.8 Å². The molecule has 2 aromatic heterocycles. The second-order valence-corrected chi connectivity index (χ2v) is 9.08. The topological polar surface area (TPSA) is 102 Å². The van der Waals surface area contributed by atoms with Crippen molar-refractivity contribution in [2.45, 2.75) is 44.0 Å². The third-order valence-corrected chi connectivity index (χ3v) is 6.35. The Morgan fingerprint density at radius 2 is 1.90 bits per heavy atom. The molecule has 10 heteroatoms. The molecule has 2 heterocycles. The zero-order valence-corrected chi connectivity index (χ0v) is 18.9. The number of hydrogen-bond acceptors (Lipinski definition) is 7. The summed E-state index contributed by atoms with van der Waals surface area (Å²) in [6, 6.07) is 7.66. The number of nitrogens with one attached hydrogen (secondary N) is 2. The van der Waals surface area contributed by atoms with Crippen LogP contribution < -0.4 is 10.6 Å². The first-order valence-corrected chi connectivity index (χ1v) is 11.2. The molecule has 2 amide bonds. The predicted molar refractivity (Wildman–Crippen MR) is 120 cm³/mol. The first-order valence-electron chi connectivity index (χ1n) is 9.46. The maximum absolute atomic E-state index is 12.4. The van der Waals surface area contributed by atoms with Crippen LogP contribution in [0.15, 0.2) is 34.8 Å². The van der Waals surface area contributed by atoms with Crippen molar-refractivity contribution in [2.75, 3.05) is 10.6 Å². The largest absolute Gasteiger partial charge is 0.326 e. The first kappa shape index (κ1) is 22.0. The number of rotatable bonds is 8. The van der Waals surface area contributed by atoms with E-state index in [-0.39, 0.29) is 17.1 Å². The van der Waals surface area contributed by atoms with Crippen LogP contribution in [0, 0.1) is 13.8 Å². The number of amides is 2. The molecule has 0 radical (unpaired) electrons. The van der Waals surface area contributed by atoms with E-state index >= 15 is 0 Å². The summed E-state index contributed by atoms with van der Waals surface area (Å²) in [5.41, 5.74) is 2.79. The maximum atomic E-state index is 12.4. The van der Waals surface area contributed by atoms with Crippen molar-refractivity contribution in [1.82, 2.24) is 19.7 Å². The Bertz CT molecular complexity index is 1030. The highest BCUT2D eigenvalue weighted by Gasteiger charge is 2.20. The van der Waals surface area contributed by atoms with Crippen LogP contribution in [0.1, 0.15) is 30.4 Å². The number of hydrogen-bond donors (Lipinski definition) is 2. The van der Waals surface area contributed by atoms with Crippen molar-refractivity contribution >= 4 is 45.7 Å². The summed E-state index contributed by atoms with van der Waals surface area (Å²) in [5.74, 6) is 0.471.